The van der Waals surface area contributed by atoms with E-state index in [9.17, 15) is 9.59 Å². The van der Waals surface area contributed by atoms with Crippen molar-refractivity contribution in [2.45, 2.75) is 6.42 Å². The second kappa shape index (κ2) is 10.4. The molecule has 2 aromatic rings. The molecule has 0 saturated carbocycles. The highest BCUT2D eigenvalue weighted by Gasteiger charge is 2.31. The summed E-state index contributed by atoms with van der Waals surface area (Å²) in [4.78, 5) is 34.9. The van der Waals surface area contributed by atoms with E-state index in [1.165, 1.54) is 21.1 Å². The maximum Gasteiger partial charge on any atom is 0.267 e. The van der Waals surface area contributed by atoms with Crippen molar-refractivity contribution in [1.29, 1.82) is 0 Å². The van der Waals surface area contributed by atoms with E-state index >= 15 is 0 Å². The number of nitrogens with one attached hydrogen (secondary N) is 1. The number of thiocarbonyl (C=S) groups is 1. The summed E-state index contributed by atoms with van der Waals surface area (Å²) in [6, 6.07) is 5.40. The fraction of sp³-hybridized carbons (Fsp3) is 0.364. The van der Waals surface area contributed by atoms with Gasteiger partial charge in [0.05, 0.1) is 23.7 Å². The number of hydrogen-bond donors (Lipinski definition) is 1. The molecule has 2 aliphatic heterocycles. The number of aromatic nitrogens is 2. The third kappa shape index (κ3) is 4.93. The molecule has 0 unspecified atom stereocenters. The molecule has 10 heteroatoms. The maximum atomic E-state index is 13.2. The van der Waals surface area contributed by atoms with Crippen molar-refractivity contribution in [2.75, 3.05) is 51.3 Å². The second-order valence-corrected chi connectivity index (χ2v) is 9.10. The Balaban J connectivity index is 1.59. The topological polar surface area (TPSA) is 79.2 Å². The zero-order chi connectivity index (χ0) is 22.5. The summed E-state index contributed by atoms with van der Waals surface area (Å²) in [5.41, 5.74) is 0.656. The van der Waals surface area contributed by atoms with Crippen LogP contribution in [0.15, 0.2) is 46.8 Å². The van der Waals surface area contributed by atoms with Gasteiger partial charge in [-0.1, -0.05) is 36.1 Å². The Morgan fingerprint density at radius 1 is 1.28 bits per heavy atom. The van der Waals surface area contributed by atoms with Crippen LogP contribution in [-0.4, -0.2) is 75.3 Å². The first kappa shape index (κ1) is 22.7. The number of carbonyl (C=O) groups excluding carboxylic acids is 1. The third-order valence-electron chi connectivity index (χ3n) is 5.28. The van der Waals surface area contributed by atoms with Gasteiger partial charge in [0.1, 0.15) is 15.8 Å². The molecule has 8 nitrogen and oxygen atoms in total. The number of amides is 1. The lowest BCUT2D eigenvalue weighted by Gasteiger charge is -2.26. The van der Waals surface area contributed by atoms with E-state index in [2.05, 4.69) is 21.8 Å². The van der Waals surface area contributed by atoms with Crippen LogP contribution in [0.4, 0.5) is 5.82 Å². The van der Waals surface area contributed by atoms with Gasteiger partial charge in [-0.3, -0.25) is 23.8 Å². The van der Waals surface area contributed by atoms with E-state index in [0.717, 1.165) is 39.3 Å². The maximum absolute atomic E-state index is 13.2. The highest BCUT2D eigenvalue weighted by atomic mass is 32.2. The summed E-state index contributed by atoms with van der Waals surface area (Å²) in [6.07, 6.45) is 5.80. The highest BCUT2D eigenvalue weighted by molar-refractivity contribution is 8.26. The SMILES string of the molecule is C=CCN1C(=O)/C(=C/c2c(NCCCN3CCOCC3)nc3ccccn3c2=O)SC1=S. The molecule has 1 N–H and O–H groups in total. The quantitative estimate of drug-likeness (QED) is 0.272. The van der Waals surface area contributed by atoms with Crippen molar-refractivity contribution in [2.24, 2.45) is 0 Å². The van der Waals surface area contributed by atoms with E-state index in [1.807, 2.05) is 6.07 Å². The molecule has 0 atom stereocenters. The zero-order valence-corrected chi connectivity index (χ0v) is 19.3. The largest absolute Gasteiger partial charge is 0.379 e. The van der Waals surface area contributed by atoms with Gasteiger partial charge in [-0.2, -0.15) is 0 Å². The minimum absolute atomic E-state index is 0.226. The van der Waals surface area contributed by atoms with Crippen molar-refractivity contribution in [1.82, 2.24) is 19.2 Å². The molecule has 1 amide bonds. The minimum atomic E-state index is -0.236. The second-order valence-electron chi connectivity index (χ2n) is 7.42. The standard InChI is InChI=1S/C22H25N5O3S2/c1-2-8-27-21(29)17(32-22(27)31)15-16-19(23-7-5-9-25-11-13-30-14-12-25)24-18-6-3-4-10-26(18)20(16)28/h2-4,6,10,15,23H,1,5,7-9,11-14H2/b17-15-. The first-order valence-corrected chi connectivity index (χ1v) is 11.7. The molecule has 0 aliphatic carbocycles. The van der Waals surface area contributed by atoms with Crippen molar-refractivity contribution in [3.8, 4) is 0 Å². The number of fused-ring (bicyclic) bond motifs is 1. The number of rotatable bonds is 8. The molecule has 4 rings (SSSR count). The van der Waals surface area contributed by atoms with Crippen LogP contribution in [0, 0.1) is 0 Å². The molecule has 32 heavy (non-hydrogen) atoms. The van der Waals surface area contributed by atoms with E-state index < -0.39 is 0 Å². The van der Waals surface area contributed by atoms with Crippen LogP contribution in [-0.2, 0) is 9.53 Å². The van der Waals surface area contributed by atoms with Crippen LogP contribution in [0.3, 0.4) is 0 Å². The minimum Gasteiger partial charge on any atom is -0.379 e. The third-order valence-corrected chi connectivity index (χ3v) is 6.65. The number of anilines is 1. The molecule has 2 aliphatic rings. The lowest BCUT2D eigenvalue weighted by Crippen LogP contribution is -2.37. The molecule has 2 saturated heterocycles. The van der Waals surface area contributed by atoms with Crippen LogP contribution in [0.5, 0.6) is 0 Å². The number of thioether (sulfide) groups is 1. The first-order chi connectivity index (χ1) is 15.6. The number of nitrogens with zero attached hydrogens (tertiary/aromatic N) is 4. The first-order valence-electron chi connectivity index (χ1n) is 10.5. The highest BCUT2D eigenvalue weighted by Crippen LogP contribution is 2.32. The summed E-state index contributed by atoms with van der Waals surface area (Å²) < 4.78 is 7.32. The molecule has 0 spiro atoms. The number of morpholine rings is 1. The summed E-state index contributed by atoms with van der Waals surface area (Å²) in [5.74, 6) is 0.243. The Morgan fingerprint density at radius 2 is 2.09 bits per heavy atom. The van der Waals surface area contributed by atoms with Crippen LogP contribution in [0.2, 0.25) is 0 Å². The van der Waals surface area contributed by atoms with Crippen molar-refractivity contribution >= 4 is 51.7 Å². The smallest absolute Gasteiger partial charge is 0.267 e. The van der Waals surface area contributed by atoms with Gasteiger partial charge in [-0.15, -0.1) is 6.58 Å². The van der Waals surface area contributed by atoms with E-state index in [-0.39, 0.29) is 11.5 Å². The predicted molar refractivity (Wildman–Crippen MR) is 132 cm³/mol. The Bertz CT molecular complexity index is 1120. The van der Waals surface area contributed by atoms with E-state index in [1.54, 1.807) is 30.5 Å². The zero-order valence-electron chi connectivity index (χ0n) is 17.7. The Hall–Kier alpha value is -2.53. The monoisotopic (exact) mass is 471 g/mol. The van der Waals surface area contributed by atoms with E-state index in [4.69, 9.17) is 17.0 Å². The average Bonchev–Trinajstić information content (AvgIpc) is 3.07. The van der Waals surface area contributed by atoms with Gasteiger partial charge >= 0.3 is 0 Å². The number of hydrogen-bond acceptors (Lipinski definition) is 8. The van der Waals surface area contributed by atoms with E-state index in [0.29, 0.717) is 39.3 Å². The summed E-state index contributed by atoms with van der Waals surface area (Å²) in [7, 11) is 0. The molecule has 2 fully saturated rings. The Labute approximate surface area is 195 Å². The lowest BCUT2D eigenvalue weighted by atomic mass is 10.2. The molecule has 4 heterocycles. The fourth-order valence-electron chi connectivity index (χ4n) is 3.62. The molecular formula is C22H25N5O3S2. The number of pyridine rings is 1. The van der Waals surface area contributed by atoms with Crippen LogP contribution >= 0.6 is 24.0 Å². The number of ether oxygens (including phenoxy) is 1. The van der Waals surface area contributed by atoms with Gasteiger partial charge in [-0.05, 0) is 31.2 Å². The van der Waals surface area contributed by atoms with Gasteiger partial charge in [0.25, 0.3) is 11.5 Å². The Kier molecular flexibility index (Phi) is 7.36. The summed E-state index contributed by atoms with van der Waals surface area (Å²) >= 11 is 6.50. The van der Waals surface area contributed by atoms with Crippen molar-refractivity contribution in [3.05, 3.63) is 57.9 Å². The van der Waals surface area contributed by atoms with Crippen molar-refractivity contribution < 1.29 is 9.53 Å². The molecule has 2 aromatic heterocycles. The van der Waals surface area contributed by atoms with Crippen LogP contribution in [0.1, 0.15) is 12.0 Å². The molecule has 168 valence electrons. The molecule has 0 aromatic carbocycles. The summed E-state index contributed by atoms with van der Waals surface area (Å²) in [5, 5.41) is 3.31. The number of carbonyl (C=O) groups is 1. The van der Waals surface area contributed by atoms with Crippen LogP contribution in [0.25, 0.3) is 11.7 Å². The van der Waals surface area contributed by atoms with Gasteiger partial charge in [0.15, 0.2) is 0 Å². The average molecular weight is 472 g/mol. The van der Waals surface area contributed by atoms with Crippen LogP contribution < -0.4 is 10.9 Å². The summed E-state index contributed by atoms with van der Waals surface area (Å²) in [6.45, 7) is 9.02. The molecule has 0 radical (unpaired) electrons. The molecule has 0 bridgehead atoms. The normalized spacial score (nSPS) is 18.6. The van der Waals surface area contributed by atoms with Gasteiger partial charge in [0, 0.05) is 32.4 Å². The fourth-order valence-corrected chi connectivity index (χ4v) is 4.88. The molecular weight excluding hydrogens is 446 g/mol. The predicted octanol–water partition coefficient (Wildman–Crippen LogP) is 2.22. The van der Waals surface area contributed by atoms with Gasteiger partial charge in [-0.25, -0.2) is 4.98 Å². The van der Waals surface area contributed by atoms with Gasteiger partial charge < -0.3 is 10.1 Å². The lowest BCUT2D eigenvalue weighted by molar-refractivity contribution is -0.121. The van der Waals surface area contributed by atoms with Crippen molar-refractivity contribution in [3.63, 3.8) is 0 Å². The van der Waals surface area contributed by atoms with Gasteiger partial charge in [0.2, 0.25) is 0 Å². The Morgan fingerprint density at radius 3 is 2.88 bits per heavy atom.